The van der Waals surface area contributed by atoms with Crippen LogP contribution in [-0.4, -0.2) is 28.7 Å². The van der Waals surface area contributed by atoms with Gasteiger partial charge in [0.2, 0.25) is 12.4 Å². The molecule has 0 fully saturated rings. The molecular weight excluding hydrogens is 177 g/mol. The highest BCUT2D eigenvalue weighted by atomic mass is 19.2. The van der Waals surface area contributed by atoms with Crippen LogP contribution in [0.4, 0.5) is 4.48 Å². The molecule has 0 saturated carbocycles. The number of nitrogens with zero attached hydrogens (tertiary/aromatic N) is 3. The van der Waals surface area contributed by atoms with Crippen LogP contribution in [0.3, 0.4) is 0 Å². The molecule has 0 spiro atoms. The van der Waals surface area contributed by atoms with Crippen molar-refractivity contribution in [2.24, 2.45) is 4.99 Å². The Bertz CT molecular complexity index is 348. The van der Waals surface area contributed by atoms with Gasteiger partial charge in [0.1, 0.15) is 0 Å². The fourth-order valence-corrected chi connectivity index (χ4v) is 1.12. The summed E-state index contributed by atoms with van der Waals surface area (Å²) in [4.78, 5) is 15.7. The molecule has 0 aromatic carbocycles. The molecule has 2 aliphatic heterocycles. The minimum atomic E-state index is -1.11. The Kier molecular flexibility index (Phi) is 1.63. The van der Waals surface area contributed by atoms with Gasteiger partial charge in [-0.25, -0.2) is 4.79 Å². The van der Waals surface area contributed by atoms with Crippen molar-refractivity contribution in [2.45, 2.75) is 0 Å². The lowest BCUT2D eigenvalue weighted by atomic mass is 10.4. The fourth-order valence-electron chi connectivity index (χ4n) is 1.12. The van der Waals surface area contributed by atoms with Crippen LogP contribution in [-0.2, 0) is 4.79 Å². The highest BCUT2D eigenvalue weighted by molar-refractivity contribution is 6.03. The summed E-state index contributed by atoms with van der Waals surface area (Å²) < 4.78 is 12.6. The number of hydrogen-bond donors (Lipinski definition) is 1. The molecule has 2 heterocycles. The standard InChI is InChI=1S/C7H6FN3O2/c8-11-2-1-6-9-5(7(12)13)3-10(6)4-11/h1-3H,4H2,(H,12,13)/q+1. The summed E-state index contributed by atoms with van der Waals surface area (Å²) in [5.74, 6) is -0.660. The number of rotatable bonds is 1. The van der Waals surface area contributed by atoms with Crippen LogP contribution < -0.4 is 4.90 Å². The zero-order valence-electron chi connectivity index (χ0n) is 6.51. The minimum absolute atomic E-state index is 0.0217. The van der Waals surface area contributed by atoms with Crippen LogP contribution >= 0.6 is 0 Å². The molecule has 6 heteroatoms. The van der Waals surface area contributed by atoms with Crippen molar-refractivity contribution in [1.29, 1.82) is 0 Å². The first-order chi connectivity index (χ1) is 6.16. The number of hydrogen-bond acceptors (Lipinski definition) is 4. The Morgan fingerprint density at radius 1 is 1.77 bits per heavy atom. The van der Waals surface area contributed by atoms with E-state index < -0.39 is 5.97 Å². The molecule has 1 radical (unpaired) electrons. The maximum Gasteiger partial charge on any atom is 0.360 e. The normalized spacial score (nSPS) is 21.2. The van der Waals surface area contributed by atoms with Gasteiger partial charge < -0.3 is 5.11 Å². The van der Waals surface area contributed by atoms with Gasteiger partial charge in [0.05, 0.1) is 0 Å². The molecule has 13 heavy (non-hydrogen) atoms. The van der Waals surface area contributed by atoms with Crippen LogP contribution in [0.15, 0.2) is 29.2 Å². The SMILES string of the molecule is O=C(O)C1=C[N+]2CN(F)C=CC2=N1. The molecule has 0 saturated heterocycles. The van der Waals surface area contributed by atoms with Gasteiger partial charge in [-0.3, -0.25) is 0 Å². The lowest BCUT2D eigenvalue weighted by Crippen LogP contribution is -2.38. The van der Waals surface area contributed by atoms with Gasteiger partial charge in [0.25, 0.3) is 5.84 Å². The second-order valence-electron chi connectivity index (χ2n) is 2.62. The van der Waals surface area contributed by atoms with Crippen molar-refractivity contribution in [2.75, 3.05) is 6.67 Å². The number of aliphatic imine (C=N–C) groups is 1. The Morgan fingerprint density at radius 3 is 3.23 bits per heavy atom. The number of carbonyl (C=O) groups is 1. The van der Waals surface area contributed by atoms with E-state index in [1.165, 1.54) is 23.4 Å². The smallest absolute Gasteiger partial charge is 0.360 e. The Balaban J connectivity index is 2.27. The van der Waals surface area contributed by atoms with Crippen LogP contribution in [0, 0.1) is 0 Å². The van der Waals surface area contributed by atoms with E-state index in [2.05, 4.69) is 4.99 Å². The van der Waals surface area contributed by atoms with E-state index in [0.29, 0.717) is 11.0 Å². The van der Waals surface area contributed by atoms with Gasteiger partial charge in [0.15, 0.2) is 6.20 Å². The van der Waals surface area contributed by atoms with Gasteiger partial charge in [0, 0.05) is 12.3 Å². The molecule has 0 amide bonds. The predicted octanol–water partition coefficient (Wildman–Crippen LogP) is 0.136. The molecule has 2 rings (SSSR count). The van der Waals surface area contributed by atoms with E-state index in [-0.39, 0.29) is 12.4 Å². The second-order valence-corrected chi connectivity index (χ2v) is 2.62. The predicted molar refractivity (Wildman–Crippen MR) is 42.2 cm³/mol. The Labute approximate surface area is 73.0 Å². The minimum Gasteiger partial charge on any atom is -0.476 e. The first-order valence-electron chi connectivity index (χ1n) is 3.58. The first kappa shape index (κ1) is 7.93. The average molecular weight is 183 g/mol. The zero-order chi connectivity index (χ0) is 9.42. The van der Waals surface area contributed by atoms with E-state index in [1.54, 1.807) is 0 Å². The van der Waals surface area contributed by atoms with Crippen LogP contribution in [0.2, 0.25) is 0 Å². The molecule has 0 aliphatic carbocycles. The quantitative estimate of drug-likeness (QED) is 0.464. The zero-order valence-corrected chi connectivity index (χ0v) is 6.51. The molecule has 1 N–H and O–H groups in total. The summed E-state index contributed by atoms with van der Waals surface area (Å²) in [6, 6.07) is 0. The lowest BCUT2D eigenvalue weighted by Gasteiger charge is -2.11. The van der Waals surface area contributed by atoms with Crippen LogP contribution in [0.25, 0.3) is 0 Å². The second kappa shape index (κ2) is 2.67. The summed E-state index contributed by atoms with van der Waals surface area (Å²) >= 11 is 0. The van der Waals surface area contributed by atoms with Crippen molar-refractivity contribution >= 4 is 11.8 Å². The van der Waals surface area contributed by atoms with E-state index in [4.69, 9.17) is 5.11 Å². The largest absolute Gasteiger partial charge is 0.476 e. The van der Waals surface area contributed by atoms with E-state index in [9.17, 15) is 9.28 Å². The third-order valence-corrected chi connectivity index (χ3v) is 1.70. The molecular formula is C7H6FN3O2+. The summed E-state index contributed by atoms with van der Waals surface area (Å²) in [6.45, 7) is -0.0217. The summed E-state index contributed by atoms with van der Waals surface area (Å²) in [6.07, 6.45) is 3.91. The van der Waals surface area contributed by atoms with Crippen molar-refractivity contribution in [3.63, 3.8) is 0 Å². The van der Waals surface area contributed by atoms with E-state index in [0.717, 1.165) is 0 Å². The number of fused-ring (bicyclic) bond motifs is 1. The molecule has 0 bridgehead atoms. The van der Waals surface area contributed by atoms with Gasteiger partial charge in [-0.05, 0) is 0 Å². The van der Waals surface area contributed by atoms with Crippen LogP contribution in [0.5, 0.6) is 0 Å². The molecule has 0 aromatic rings. The van der Waals surface area contributed by atoms with E-state index >= 15 is 0 Å². The average Bonchev–Trinajstić information content (AvgIpc) is 2.46. The molecule has 0 unspecified atom stereocenters. The van der Waals surface area contributed by atoms with Crippen molar-refractivity contribution in [1.82, 2.24) is 10.0 Å². The molecule has 0 aromatic heterocycles. The summed E-state index contributed by atoms with van der Waals surface area (Å²) in [7, 11) is 0. The molecule has 2 aliphatic rings. The lowest BCUT2D eigenvalue weighted by molar-refractivity contribution is -0.132. The molecule has 67 valence electrons. The Morgan fingerprint density at radius 2 is 2.54 bits per heavy atom. The fraction of sp³-hybridized carbons (Fsp3) is 0.143. The van der Waals surface area contributed by atoms with Gasteiger partial charge in [-0.2, -0.15) is 10.1 Å². The summed E-state index contributed by atoms with van der Waals surface area (Å²) in [5, 5.41) is 9.04. The Hall–Kier alpha value is -1.69. The van der Waals surface area contributed by atoms with Crippen molar-refractivity contribution in [3.8, 4) is 0 Å². The van der Waals surface area contributed by atoms with Gasteiger partial charge in [-0.1, -0.05) is 9.38 Å². The number of carboxylic acid groups (broad SMARTS) is 1. The van der Waals surface area contributed by atoms with Gasteiger partial charge >= 0.3 is 5.97 Å². The number of carboxylic acids is 1. The molecule has 0 atom stereocenters. The summed E-state index contributed by atoms with van der Waals surface area (Å²) in [5.41, 5.74) is -0.0741. The maximum absolute atomic E-state index is 12.6. The third kappa shape index (κ3) is 1.31. The van der Waals surface area contributed by atoms with Gasteiger partial charge in [-0.15, -0.1) is 0 Å². The monoisotopic (exact) mass is 183 g/mol. The maximum atomic E-state index is 12.6. The van der Waals surface area contributed by atoms with Crippen LogP contribution in [0.1, 0.15) is 0 Å². The highest BCUT2D eigenvalue weighted by Gasteiger charge is 2.34. The first-order valence-corrected chi connectivity index (χ1v) is 3.58. The number of aliphatic carboxylic acids is 1. The topological polar surface area (TPSA) is 58.8 Å². The van der Waals surface area contributed by atoms with E-state index in [1.807, 2.05) is 0 Å². The third-order valence-electron chi connectivity index (χ3n) is 1.70. The number of amidine groups is 1. The van der Waals surface area contributed by atoms with Crippen molar-refractivity contribution < 1.29 is 14.4 Å². The molecule has 5 nitrogen and oxygen atoms in total. The van der Waals surface area contributed by atoms with Crippen molar-refractivity contribution in [3.05, 3.63) is 24.2 Å². The highest BCUT2D eigenvalue weighted by Crippen LogP contribution is 2.14. The number of halogens is 1.